The van der Waals surface area contributed by atoms with Gasteiger partial charge < -0.3 is 4.74 Å². The Kier molecular flexibility index (Phi) is 3.69. The van der Waals surface area contributed by atoms with Crippen LogP contribution in [0.15, 0.2) is 47.4 Å². The van der Waals surface area contributed by atoms with E-state index < -0.39 is 0 Å². The number of carbonyl (C=O) groups is 1. The maximum atomic E-state index is 11.3. The summed E-state index contributed by atoms with van der Waals surface area (Å²) in [7, 11) is 1.42. The van der Waals surface area contributed by atoms with E-state index in [2.05, 4.69) is 24.3 Å². The predicted octanol–water partition coefficient (Wildman–Crippen LogP) is 3.49. The van der Waals surface area contributed by atoms with Crippen LogP contribution in [-0.4, -0.2) is 18.3 Å². The van der Waals surface area contributed by atoms with E-state index in [4.69, 9.17) is 4.74 Å². The van der Waals surface area contributed by atoms with Gasteiger partial charge in [0.1, 0.15) is 5.25 Å². The Balaban J connectivity index is 2.22. The fourth-order valence-electron chi connectivity index (χ4n) is 1.66. The fraction of sp³-hybridized carbons (Fsp3) is 0.214. The standard InChI is InChI=1S/C14H14O2S/c1-10(14(15)16-2)17-13-8-7-11-5-3-4-6-12(11)9-13/h3-10H,1-2H3. The summed E-state index contributed by atoms with van der Waals surface area (Å²) < 4.78 is 4.71. The van der Waals surface area contributed by atoms with Crippen LogP contribution in [0.5, 0.6) is 0 Å². The number of methoxy groups -OCH3 is 1. The van der Waals surface area contributed by atoms with E-state index in [1.807, 2.05) is 25.1 Å². The number of hydrogen-bond acceptors (Lipinski definition) is 3. The molecule has 3 heteroatoms. The molecule has 0 bridgehead atoms. The van der Waals surface area contributed by atoms with Crippen LogP contribution in [-0.2, 0) is 9.53 Å². The second-order valence-corrected chi connectivity index (χ2v) is 5.21. The predicted molar refractivity (Wildman–Crippen MR) is 71.3 cm³/mol. The van der Waals surface area contributed by atoms with Crippen LogP contribution in [0, 0.1) is 0 Å². The summed E-state index contributed by atoms with van der Waals surface area (Å²) in [6.07, 6.45) is 0. The maximum absolute atomic E-state index is 11.3. The van der Waals surface area contributed by atoms with Gasteiger partial charge in [0.15, 0.2) is 0 Å². The van der Waals surface area contributed by atoms with Crippen LogP contribution >= 0.6 is 11.8 Å². The minimum Gasteiger partial charge on any atom is -0.468 e. The number of fused-ring (bicyclic) bond motifs is 1. The molecule has 2 aromatic carbocycles. The van der Waals surface area contributed by atoms with Gasteiger partial charge in [0, 0.05) is 4.90 Å². The Bertz CT molecular complexity index is 536. The number of benzene rings is 2. The lowest BCUT2D eigenvalue weighted by Gasteiger charge is -2.09. The minimum atomic E-state index is -0.192. The van der Waals surface area contributed by atoms with E-state index in [1.54, 1.807) is 0 Å². The number of hydrogen-bond donors (Lipinski definition) is 0. The molecule has 0 aliphatic carbocycles. The molecular formula is C14H14O2S. The molecule has 2 aromatic rings. The summed E-state index contributed by atoms with van der Waals surface area (Å²) in [6, 6.07) is 14.4. The van der Waals surface area contributed by atoms with Gasteiger partial charge in [-0.15, -0.1) is 11.8 Å². The second-order valence-electron chi connectivity index (χ2n) is 3.79. The van der Waals surface area contributed by atoms with Crippen molar-refractivity contribution >= 4 is 28.5 Å². The summed E-state index contributed by atoms with van der Waals surface area (Å²) in [6.45, 7) is 1.85. The van der Waals surface area contributed by atoms with Crippen LogP contribution in [0.2, 0.25) is 0 Å². The molecule has 88 valence electrons. The van der Waals surface area contributed by atoms with Gasteiger partial charge in [-0.05, 0) is 29.8 Å². The summed E-state index contributed by atoms with van der Waals surface area (Å²) in [4.78, 5) is 12.4. The third-order valence-corrected chi connectivity index (χ3v) is 3.64. The summed E-state index contributed by atoms with van der Waals surface area (Å²) in [5.41, 5.74) is 0. The fourth-order valence-corrected chi connectivity index (χ4v) is 2.60. The van der Waals surface area contributed by atoms with Crippen molar-refractivity contribution in [2.45, 2.75) is 17.1 Å². The molecule has 0 radical (unpaired) electrons. The first-order valence-corrected chi connectivity index (χ1v) is 6.32. The largest absolute Gasteiger partial charge is 0.468 e. The van der Waals surface area contributed by atoms with Crippen LogP contribution in [0.1, 0.15) is 6.92 Å². The van der Waals surface area contributed by atoms with E-state index in [0.717, 1.165) is 4.90 Å². The van der Waals surface area contributed by atoms with Crippen molar-refractivity contribution in [2.24, 2.45) is 0 Å². The zero-order valence-electron chi connectivity index (χ0n) is 9.84. The lowest BCUT2D eigenvalue weighted by atomic mass is 10.1. The molecule has 0 fully saturated rings. The van der Waals surface area contributed by atoms with Crippen LogP contribution < -0.4 is 0 Å². The lowest BCUT2D eigenvalue weighted by Crippen LogP contribution is -2.14. The normalized spacial score (nSPS) is 12.4. The maximum Gasteiger partial charge on any atom is 0.318 e. The highest BCUT2D eigenvalue weighted by Gasteiger charge is 2.14. The first-order valence-electron chi connectivity index (χ1n) is 5.44. The summed E-state index contributed by atoms with van der Waals surface area (Å²) >= 11 is 1.52. The SMILES string of the molecule is COC(=O)C(C)Sc1ccc2ccccc2c1. The number of carbonyl (C=O) groups excluding carboxylic acids is 1. The molecule has 0 aromatic heterocycles. The molecule has 1 unspecified atom stereocenters. The Morgan fingerprint density at radius 2 is 1.88 bits per heavy atom. The van der Waals surface area contributed by atoms with Gasteiger partial charge >= 0.3 is 5.97 Å². The summed E-state index contributed by atoms with van der Waals surface area (Å²) in [5, 5.41) is 2.22. The van der Waals surface area contributed by atoms with E-state index >= 15 is 0 Å². The van der Waals surface area contributed by atoms with Gasteiger partial charge in [-0.1, -0.05) is 30.3 Å². The highest BCUT2D eigenvalue weighted by atomic mass is 32.2. The Hall–Kier alpha value is -1.48. The first kappa shape index (κ1) is 12.0. The van der Waals surface area contributed by atoms with Crippen molar-refractivity contribution < 1.29 is 9.53 Å². The van der Waals surface area contributed by atoms with Gasteiger partial charge in [-0.3, -0.25) is 4.79 Å². The van der Waals surface area contributed by atoms with Gasteiger partial charge in [-0.2, -0.15) is 0 Å². The smallest absolute Gasteiger partial charge is 0.318 e. The van der Waals surface area contributed by atoms with Gasteiger partial charge in [-0.25, -0.2) is 0 Å². The van der Waals surface area contributed by atoms with Crippen LogP contribution in [0.25, 0.3) is 10.8 Å². The zero-order chi connectivity index (χ0) is 12.3. The molecule has 0 aliphatic heterocycles. The monoisotopic (exact) mass is 246 g/mol. The first-order chi connectivity index (χ1) is 8.20. The third kappa shape index (κ3) is 2.80. The number of esters is 1. The van der Waals surface area contributed by atoms with Crippen molar-refractivity contribution in [3.63, 3.8) is 0 Å². The number of ether oxygens (including phenoxy) is 1. The van der Waals surface area contributed by atoms with Crippen molar-refractivity contribution in [3.8, 4) is 0 Å². The van der Waals surface area contributed by atoms with E-state index in [0.29, 0.717) is 0 Å². The van der Waals surface area contributed by atoms with E-state index in [9.17, 15) is 4.79 Å². The molecule has 0 aliphatic rings. The Labute approximate surface area is 105 Å². The quantitative estimate of drug-likeness (QED) is 0.612. The Morgan fingerprint density at radius 3 is 2.59 bits per heavy atom. The highest BCUT2D eigenvalue weighted by molar-refractivity contribution is 8.00. The van der Waals surface area contributed by atoms with Crippen molar-refractivity contribution in [2.75, 3.05) is 7.11 Å². The van der Waals surface area contributed by atoms with Crippen molar-refractivity contribution in [3.05, 3.63) is 42.5 Å². The van der Waals surface area contributed by atoms with Gasteiger partial charge in [0.05, 0.1) is 7.11 Å². The van der Waals surface area contributed by atoms with E-state index in [1.165, 1.54) is 29.6 Å². The molecular weight excluding hydrogens is 232 g/mol. The molecule has 0 saturated heterocycles. The summed E-state index contributed by atoms with van der Waals surface area (Å²) in [5.74, 6) is -0.192. The molecule has 0 heterocycles. The van der Waals surface area contributed by atoms with Crippen molar-refractivity contribution in [1.29, 1.82) is 0 Å². The second kappa shape index (κ2) is 5.23. The van der Waals surface area contributed by atoms with Gasteiger partial charge in [0.25, 0.3) is 0 Å². The Morgan fingerprint density at radius 1 is 1.18 bits per heavy atom. The number of thioether (sulfide) groups is 1. The van der Waals surface area contributed by atoms with Crippen LogP contribution in [0.3, 0.4) is 0 Å². The average molecular weight is 246 g/mol. The average Bonchev–Trinajstić information content (AvgIpc) is 2.37. The molecule has 0 amide bonds. The zero-order valence-corrected chi connectivity index (χ0v) is 10.7. The molecule has 2 rings (SSSR count). The molecule has 0 saturated carbocycles. The molecule has 0 spiro atoms. The lowest BCUT2D eigenvalue weighted by molar-refractivity contribution is -0.139. The van der Waals surface area contributed by atoms with Crippen LogP contribution in [0.4, 0.5) is 0 Å². The van der Waals surface area contributed by atoms with E-state index in [-0.39, 0.29) is 11.2 Å². The molecule has 17 heavy (non-hydrogen) atoms. The third-order valence-electron chi connectivity index (χ3n) is 2.57. The topological polar surface area (TPSA) is 26.3 Å². The molecule has 0 N–H and O–H groups in total. The van der Waals surface area contributed by atoms with Gasteiger partial charge in [0.2, 0.25) is 0 Å². The molecule has 2 nitrogen and oxygen atoms in total. The number of rotatable bonds is 3. The molecule has 1 atom stereocenters. The highest BCUT2D eigenvalue weighted by Crippen LogP contribution is 2.27. The minimum absolute atomic E-state index is 0.179. The van der Waals surface area contributed by atoms with Crippen molar-refractivity contribution in [1.82, 2.24) is 0 Å².